The number of hydrazone groups is 1. The number of nitrogens with zero attached hydrogens (tertiary/aromatic N) is 2. The molecule has 1 aliphatic rings. The van der Waals surface area contributed by atoms with E-state index < -0.39 is 27.8 Å². The van der Waals surface area contributed by atoms with E-state index in [1.54, 1.807) is 30.3 Å². The van der Waals surface area contributed by atoms with Crippen molar-refractivity contribution < 1.29 is 27.5 Å². The molecular formula is C20H17N3O6S2. The quantitative estimate of drug-likeness (QED) is 0.314. The summed E-state index contributed by atoms with van der Waals surface area (Å²) in [5.74, 6) is -2.35. The number of hydrogen-bond acceptors (Lipinski definition) is 8. The summed E-state index contributed by atoms with van der Waals surface area (Å²) in [6.45, 7) is 1.81. The predicted molar refractivity (Wildman–Crippen MR) is 114 cm³/mol. The second-order valence-electron chi connectivity index (χ2n) is 6.25. The number of thioether (sulfide) groups is 1. The van der Waals surface area contributed by atoms with Gasteiger partial charge in [0, 0.05) is 11.6 Å². The Balaban J connectivity index is 1.97. The SMILES string of the molecule is COC(=O)/C=C1\S/C(=N/NS(=O)(=O)c2ccc(C)cc2)N(C(=O)c2ccccc2)C1=O. The number of esters is 1. The maximum Gasteiger partial charge on any atom is 0.331 e. The van der Waals surface area contributed by atoms with Crippen LogP contribution in [0, 0.1) is 6.92 Å². The van der Waals surface area contributed by atoms with Crippen LogP contribution in [-0.4, -0.2) is 43.4 Å². The van der Waals surface area contributed by atoms with Crippen LogP contribution in [0.15, 0.2) is 75.6 Å². The van der Waals surface area contributed by atoms with E-state index in [1.807, 2.05) is 11.8 Å². The molecule has 0 radical (unpaired) electrons. The Bertz CT molecular complexity index is 1190. The molecule has 1 heterocycles. The minimum Gasteiger partial charge on any atom is -0.466 e. The summed E-state index contributed by atoms with van der Waals surface area (Å²) >= 11 is 0.671. The van der Waals surface area contributed by atoms with Gasteiger partial charge >= 0.3 is 5.97 Å². The molecule has 11 heteroatoms. The van der Waals surface area contributed by atoms with E-state index in [-0.39, 0.29) is 20.5 Å². The average molecular weight is 460 g/mol. The van der Waals surface area contributed by atoms with E-state index in [0.717, 1.165) is 18.7 Å². The van der Waals surface area contributed by atoms with E-state index in [0.29, 0.717) is 16.7 Å². The van der Waals surface area contributed by atoms with Gasteiger partial charge in [0.2, 0.25) is 5.17 Å². The Morgan fingerprint density at radius 1 is 1.10 bits per heavy atom. The number of nitrogens with one attached hydrogen (secondary N) is 1. The predicted octanol–water partition coefficient (Wildman–Crippen LogP) is 2.02. The number of hydrogen-bond donors (Lipinski definition) is 1. The molecule has 0 aromatic heterocycles. The summed E-state index contributed by atoms with van der Waals surface area (Å²) in [6, 6.07) is 14.0. The Morgan fingerprint density at radius 2 is 1.74 bits per heavy atom. The van der Waals surface area contributed by atoms with Gasteiger partial charge in [0.25, 0.3) is 21.8 Å². The summed E-state index contributed by atoms with van der Waals surface area (Å²) < 4.78 is 29.6. The number of benzene rings is 2. The molecule has 2 amide bonds. The highest BCUT2D eigenvalue weighted by Crippen LogP contribution is 2.32. The van der Waals surface area contributed by atoms with Gasteiger partial charge in [-0.25, -0.2) is 9.69 Å². The molecule has 9 nitrogen and oxygen atoms in total. The number of amides is 2. The van der Waals surface area contributed by atoms with Crippen LogP contribution in [0.3, 0.4) is 0 Å². The molecule has 1 saturated heterocycles. The highest BCUT2D eigenvalue weighted by Gasteiger charge is 2.39. The van der Waals surface area contributed by atoms with E-state index in [4.69, 9.17) is 0 Å². The molecule has 3 rings (SSSR count). The summed E-state index contributed by atoms with van der Waals surface area (Å²) in [5, 5.41) is 3.54. The van der Waals surface area contributed by atoms with Crippen LogP contribution in [-0.2, 0) is 24.3 Å². The molecule has 1 fully saturated rings. The largest absolute Gasteiger partial charge is 0.466 e. The number of sulfonamides is 1. The van der Waals surface area contributed by atoms with Crippen LogP contribution >= 0.6 is 11.8 Å². The van der Waals surface area contributed by atoms with Crippen LogP contribution in [0.1, 0.15) is 15.9 Å². The fraction of sp³-hybridized carbons (Fsp3) is 0.100. The van der Waals surface area contributed by atoms with Gasteiger partial charge in [0.1, 0.15) is 0 Å². The van der Waals surface area contributed by atoms with Gasteiger partial charge in [-0.1, -0.05) is 35.9 Å². The smallest absolute Gasteiger partial charge is 0.331 e. The van der Waals surface area contributed by atoms with Gasteiger partial charge in [-0.3, -0.25) is 9.59 Å². The maximum atomic E-state index is 12.9. The minimum absolute atomic E-state index is 0.0389. The molecule has 1 N–H and O–H groups in total. The van der Waals surface area contributed by atoms with Gasteiger partial charge < -0.3 is 4.74 Å². The first kappa shape index (κ1) is 22.2. The number of carbonyl (C=O) groups excluding carboxylic acids is 3. The average Bonchev–Trinajstić information content (AvgIpc) is 3.07. The van der Waals surface area contributed by atoms with Crippen molar-refractivity contribution in [2.24, 2.45) is 5.10 Å². The summed E-state index contributed by atoms with van der Waals surface area (Å²) in [5.41, 5.74) is 1.06. The number of ether oxygens (including phenoxy) is 1. The van der Waals surface area contributed by atoms with Crippen LogP contribution in [0.5, 0.6) is 0 Å². The first-order chi connectivity index (χ1) is 14.7. The number of methoxy groups -OCH3 is 1. The molecule has 2 aromatic carbocycles. The fourth-order valence-corrected chi connectivity index (χ4v) is 4.22. The third-order valence-corrected chi connectivity index (χ3v) is 6.27. The van der Waals surface area contributed by atoms with Crippen molar-refractivity contribution in [3.8, 4) is 0 Å². The van der Waals surface area contributed by atoms with Crippen LogP contribution in [0.2, 0.25) is 0 Å². The first-order valence-electron chi connectivity index (χ1n) is 8.80. The molecule has 31 heavy (non-hydrogen) atoms. The molecule has 0 aliphatic carbocycles. The van der Waals surface area contributed by atoms with Gasteiger partial charge in [-0.05, 0) is 43.0 Å². The van der Waals surface area contributed by atoms with E-state index >= 15 is 0 Å². The number of amidine groups is 1. The third kappa shape index (κ3) is 5.01. The molecule has 0 unspecified atom stereocenters. The number of aryl methyl sites for hydroxylation is 1. The van der Waals surface area contributed by atoms with Crippen molar-refractivity contribution in [1.82, 2.24) is 9.73 Å². The van der Waals surface area contributed by atoms with Gasteiger partial charge in [0.15, 0.2) is 0 Å². The van der Waals surface area contributed by atoms with Crippen molar-refractivity contribution >= 4 is 44.7 Å². The summed E-state index contributed by atoms with van der Waals surface area (Å²) in [4.78, 5) is 39.8. The van der Waals surface area contributed by atoms with Gasteiger partial charge in [-0.15, -0.1) is 5.10 Å². The number of imide groups is 1. The zero-order valence-electron chi connectivity index (χ0n) is 16.4. The Kier molecular flexibility index (Phi) is 6.56. The first-order valence-corrected chi connectivity index (χ1v) is 11.1. The Morgan fingerprint density at radius 3 is 2.35 bits per heavy atom. The van der Waals surface area contributed by atoms with Crippen molar-refractivity contribution in [3.05, 3.63) is 76.7 Å². The fourth-order valence-electron chi connectivity index (χ4n) is 2.47. The zero-order chi connectivity index (χ0) is 22.6. The number of carbonyl (C=O) groups is 3. The molecule has 0 spiro atoms. The lowest BCUT2D eigenvalue weighted by molar-refractivity contribution is -0.135. The van der Waals surface area contributed by atoms with Crippen LogP contribution in [0.25, 0.3) is 0 Å². The normalized spacial score (nSPS) is 16.6. The van der Waals surface area contributed by atoms with Crippen molar-refractivity contribution in [3.63, 3.8) is 0 Å². The maximum absolute atomic E-state index is 12.9. The Hall–Kier alpha value is -3.44. The van der Waals surface area contributed by atoms with Gasteiger partial charge in [-0.2, -0.15) is 13.2 Å². The van der Waals surface area contributed by atoms with E-state index in [9.17, 15) is 22.8 Å². The van der Waals surface area contributed by atoms with E-state index in [1.165, 1.54) is 24.3 Å². The Labute approximate surface area is 182 Å². The van der Waals surface area contributed by atoms with Crippen LogP contribution in [0.4, 0.5) is 0 Å². The molecule has 2 aromatic rings. The van der Waals surface area contributed by atoms with Gasteiger partial charge in [0.05, 0.1) is 16.9 Å². The third-order valence-electron chi connectivity index (χ3n) is 4.07. The topological polar surface area (TPSA) is 122 Å². The molecule has 160 valence electrons. The molecule has 0 atom stereocenters. The van der Waals surface area contributed by atoms with Crippen LogP contribution < -0.4 is 4.83 Å². The highest BCUT2D eigenvalue weighted by atomic mass is 32.2. The second kappa shape index (κ2) is 9.14. The summed E-state index contributed by atoms with van der Waals surface area (Å²) in [6.07, 6.45) is 0.912. The molecular weight excluding hydrogens is 442 g/mol. The monoisotopic (exact) mass is 459 g/mol. The lowest BCUT2D eigenvalue weighted by Gasteiger charge is -2.14. The van der Waals surface area contributed by atoms with Crippen molar-refractivity contribution in [1.29, 1.82) is 0 Å². The highest BCUT2D eigenvalue weighted by molar-refractivity contribution is 8.18. The van der Waals surface area contributed by atoms with Crippen molar-refractivity contribution in [2.45, 2.75) is 11.8 Å². The molecule has 1 aliphatic heterocycles. The zero-order valence-corrected chi connectivity index (χ0v) is 18.1. The second-order valence-corrected chi connectivity index (χ2v) is 8.92. The standard InChI is InChI=1S/C20H17N3O6S2/c1-13-8-10-15(11-9-13)31(27,28)22-21-20-23(18(25)14-6-4-3-5-7-14)19(26)16(30-20)12-17(24)29-2/h3-12,22H,1-2H3/b16-12-,21-20+. The lowest BCUT2D eigenvalue weighted by Crippen LogP contribution is -2.37. The lowest BCUT2D eigenvalue weighted by atomic mass is 10.2. The number of rotatable bonds is 5. The summed E-state index contributed by atoms with van der Waals surface area (Å²) in [7, 11) is -2.91. The van der Waals surface area contributed by atoms with E-state index in [2.05, 4.69) is 9.84 Å². The minimum atomic E-state index is -4.05. The molecule has 0 bridgehead atoms. The molecule has 0 saturated carbocycles. The van der Waals surface area contributed by atoms with Crippen molar-refractivity contribution in [2.75, 3.05) is 7.11 Å².